The fraction of sp³-hybridized carbons (Fsp3) is 0. The lowest BCUT2D eigenvalue weighted by atomic mass is 10.3. The molecule has 4 nitrogen and oxygen atoms in total. The number of hydrogen-bond acceptors (Lipinski definition) is 3. The topological polar surface area (TPSA) is 58.9 Å². The first-order valence-electron chi connectivity index (χ1n) is 2.90. The summed E-state index contributed by atoms with van der Waals surface area (Å²) in [6.45, 7) is 0. The Balaban J connectivity index is 2.99. The minimum absolute atomic E-state index is 0.282. The van der Waals surface area contributed by atoms with Crippen LogP contribution in [0.1, 0.15) is 0 Å². The molecule has 0 aliphatic heterocycles. The Hall–Kier alpha value is -1.29. The number of hydrogen-bond donors (Lipinski definition) is 1. The van der Waals surface area contributed by atoms with Crippen LogP contribution in [0.25, 0.3) is 11.0 Å². The van der Waals surface area contributed by atoms with Crippen LogP contribution in [0.2, 0.25) is 5.15 Å². The molecular weight excluding hydrogens is 168 g/mol. The van der Waals surface area contributed by atoms with Gasteiger partial charge in [-0.05, 0) is 6.07 Å². The second-order valence-corrected chi connectivity index (χ2v) is 2.42. The van der Waals surface area contributed by atoms with Crippen molar-refractivity contribution in [1.82, 2.24) is 10.1 Å². The third-order valence-electron chi connectivity index (χ3n) is 1.33. The molecule has 0 spiro atoms. The molecule has 2 aromatic rings. The molecule has 0 saturated heterocycles. The van der Waals surface area contributed by atoms with Crippen molar-refractivity contribution in [3.05, 3.63) is 27.8 Å². The summed E-state index contributed by atoms with van der Waals surface area (Å²) < 4.78 is 4.75. The van der Waals surface area contributed by atoms with Crippen LogP contribution >= 0.6 is 11.6 Å². The minimum Gasteiger partial charge on any atom is -0.377 e. The Kier molecular flexibility index (Phi) is 1.22. The highest BCUT2D eigenvalue weighted by Gasteiger charge is 2.02. The molecule has 2 heterocycles. The largest absolute Gasteiger partial charge is 0.377 e. The lowest BCUT2D eigenvalue weighted by molar-refractivity contribution is 0.448. The molecule has 5 heteroatoms. The van der Waals surface area contributed by atoms with Gasteiger partial charge in [0.25, 0.3) is 5.56 Å². The molecule has 2 rings (SSSR count). The van der Waals surface area contributed by atoms with Crippen molar-refractivity contribution < 1.29 is 4.52 Å². The number of fused-ring (bicyclic) bond motifs is 1. The maximum atomic E-state index is 10.9. The van der Waals surface area contributed by atoms with E-state index >= 15 is 0 Å². The van der Waals surface area contributed by atoms with Gasteiger partial charge in [0.2, 0.25) is 0 Å². The standard InChI is InChI=1S/C6H3ClN2O2/c7-5-1-3-4(2-8-5)11-9-6(3)10/h1-2H,(H,9,10). The van der Waals surface area contributed by atoms with E-state index in [0.29, 0.717) is 11.0 Å². The fourth-order valence-electron chi connectivity index (χ4n) is 0.832. The zero-order valence-electron chi connectivity index (χ0n) is 5.30. The summed E-state index contributed by atoms with van der Waals surface area (Å²) in [5.74, 6) is 0. The molecule has 0 saturated carbocycles. The van der Waals surface area contributed by atoms with Crippen LogP contribution in [0.15, 0.2) is 21.6 Å². The highest BCUT2D eigenvalue weighted by molar-refractivity contribution is 6.29. The zero-order valence-corrected chi connectivity index (χ0v) is 6.05. The van der Waals surface area contributed by atoms with Crippen molar-refractivity contribution in [1.29, 1.82) is 0 Å². The van der Waals surface area contributed by atoms with Crippen LogP contribution in [0.5, 0.6) is 0 Å². The van der Waals surface area contributed by atoms with Gasteiger partial charge in [-0.2, -0.15) is 5.16 Å². The number of H-pyrrole nitrogens is 1. The van der Waals surface area contributed by atoms with Gasteiger partial charge in [0.15, 0.2) is 5.58 Å². The summed E-state index contributed by atoms with van der Waals surface area (Å²) in [6, 6.07) is 1.46. The van der Waals surface area contributed by atoms with Gasteiger partial charge < -0.3 is 4.52 Å². The van der Waals surface area contributed by atoms with E-state index in [0.717, 1.165) is 0 Å². The number of halogens is 1. The molecule has 0 aliphatic carbocycles. The molecule has 56 valence electrons. The molecule has 0 atom stereocenters. The van der Waals surface area contributed by atoms with E-state index in [2.05, 4.69) is 10.1 Å². The lowest BCUT2D eigenvalue weighted by Gasteiger charge is -1.84. The van der Waals surface area contributed by atoms with Gasteiger partial charge in [-0.1, -0.05) is 11.6 Å². The summed E-state index contributed by atoms with van der Waals surface area (Å²) in [7, 11) is 0. The molecule has 1 N–H and O–H groups in total. The highest BCUT2D eigenvalue weighted by Crippen LogP contribution is 2.11. The molecule has 0 aromatic carbocycles. The number of rotatable bonds is 0. The Morgan fingerprint density at radius 2 is 2.45 bits per heavy atom. The molecular formula is C6H3ClN2O2. The second-order valence-electron chi connectivity index (χ2n) is 2.04. The molecule has 0 amide bonds. The highest BCUT2D eigenvalue weighted by atomic mass is 35.5. The average molecular weight is 171 g/mol. The van der Waals surface area contributed by atoms with Crippen molar-refractivity contribution in [3.8, 4) is 0 Å². The van der Waals surface area contributed by atoms with Gasteiger partial charge in [-0.3, -0.25) is 4.79 Å². The van der Waals surface area contributed by atoms with Gasteiger partial charge in [-0.15, -0.1) is 0 Å². The zero-order chi connectivity index (χ0) is 7.84. The van der Waals surface area contributed by atoms with Gasteiger partial charge in [0, 0.05) is 0 Å². The van der Waals surface area contributed by atoms with Crippen LogP contribution < -0.4 is 5.56 Å². The van der Waals surface area contributed by atoms with E-state index in [4.69, 9.17) is 16.1 Å². The predicted octanol–water partition coefficient (Wildman–Crippen LogP) is 1.17. The molecule has 2 aromatic heterocycles. The molecule has 0 unspecified atom stereocenters. The summed E-state index contributed by atoms with van der Waals surface area (Å²) >= 11 is 5.54. The summed E-state index contributed by atoms with van der Waals surface area (Å²) in [5.41, 5.74) is 0.128. The normalized spacial score (nSPS) is 10.6. The van der Waals surface area contributed by atoms with Crippen LogP contribution in [-0.4, -0.2) is 10.1 Å². The Labute approximate surface area is 65.8 Å². The Morgan fingerprint density at radius 3 is 3.27 bits per heavy atom. The van der Waals surface area contributed by atoms with Crippen LogP contribution in [-0.2, 0) is 0 Å². The van der Waals surface area contributed by atoms with Crippen molar-refractivity contribution in [2.45, 2.75) is 0 Å². The number of aromatic nitrogens is 2. The third kappa shape index (κ3) is 0.914. The number of aromatic amines is 1. The van der Waals surface area contributed by atoms with E-state index in [1.165, 1.54) is 12.3 Å². The van der Waals surface area contributed by atoms with Gasteiger partial charge in [-0.25, -0.2) is 4.98 Å². The number of nitrogens with zero attached hydrogens (tertiary/aromatic N) is 1. The third-order valence-corrected chi connectivity index (χ3v) is 1.54. The number of nitrogens with one attached hydrogen (secondary N) is 1. The summed E-state index contributed by atoms with van der Waals surface area (Å²) in [6.07, 6.45) is 1.40. The molecule has 0 radical (unpaired) electrons. The first-order chi connectivity index (χ1) is 5.27. The van der Waals surface area contributed by atoms with E-state index in [1.807, 2.05) is 0 Å². The van der Waals surface area contributed by atoms with Gasteiger partial charge in [0.05, 0.1) is 11.6 Å². The molecule has 0 aliphatic rings. The minimum atomic E-state index is -0.288. The van der Waals surface area contributed by atoms with Crippen LogP contribution in [0.4, 0.5) is 0 Å². The smallest absolute Gasteiger partial charge is 0.287 e. The molecule has 11 heavy (non-hydrogen) atoms. The fourth-order valence-corrected chi connectivity index (χ4v) is 0.990. The first-order valence-corrected chi connectivity index (χ1v) is 3.28. The molecule has 0 fully saturated rings. The van der Waals surface area contributed by atoms with Crippen molar-refractivity contribution in [2.75, 3.05) is 0 Å². The van der Waals surface area contributed by atoms with E-state index in [1.54, 1.807) is 0 Å². The quantitative estimate of drug-likeness (QED) is 0.604. The monoisotopic (exact) mass is 170 g/mol. The maximum absolute atomic E-state index is 10.9. The Bertz CT molecular complexity index is 445. The van der Waals surface area contributed by atoms with Crippen LogP contribution in [0, 0.1) is 0 Å². The first kappa shape index (κ1) is 6.42. The lowest BCUT2D eigenvalue weighted by Crippen LogP contribution is -1.96. The number of pyridine rings is 1. The Morgan fingerprint density at radius 1 is 1.64 bits per heavy atom. The van der Waals surface area contributed by atoms with Crippen LogP contribution in [0.3, 0.4) is 0 Å². The van der Waals surface area contributed by atoms with E-state index in [9.17, 15) is 4.79 Å². The molecule has 0 bridgehead atoms. The predicted molar refractivity (Wildman–Crippen MR) is 39.6 cm³/mol. The van der Waals surface area contributed by atoms with E-state index in [-0.39, 0.29) is 10.7 Å². The summed E-state index contributed by atoms with van der Waals surface area (Å²) in [4.78, 5) is 14.6. The van der Waals surface area contributed by atoms with Gasteiger partial charge in [0.1, 0.15) is 5.15 Å². The van der Waals surface area contributed by atoms with Crippen molar-refractivity contribution in [2.24, 2.45) is 0 Å². The summed E-state index contributed by atoms with van der Waals surface area (Å²) in [5, 5.41) is 2.88. The van der Waals surface area contributed by atoms with Gasteiger partial charge >= 0.3 is 0 Å². The SMILES string of the molecule is O=c1[nH]oc2cnc(Cl)cc12. The van der Waals surface area contributed by atoms with Crippen molar-refractivity contribution in [3.63, 3.8) is 0 Å². The average Bonchev–Trinajstić information content (AvgIpc) is 2.33. The van der Waals surface area contributed by atoms with E-state index < -0.39 is 0 Å². The van der Waals surface area contributed by atoms with Crippen molar-refractivity contribution >= 4 is 22.6 Å². The maximum Gasteiger partial charge on any atom is 0.287 e. The second kappa shape index (κ2) is 2.10.